The molecule has 0 aliphatic rings. The predicted octanol–water partition coefficient (Wildman–Crippen LogP) is 2.11. The Morgan fingerprint density at radius 1 is 1.18 bits per heavy atom. The van der Waals surface area contributed by atoms with Crippen LogP contribution in [0.25, 0.3) is 0 Å². The molecule has 0 saturated carbocycles. The highest BCUT2D eigenvalue weighted by atomic mass is 32.2. The first-order valence-corrected chi connectivity index (χ1v) is 11.3. The van der Waals surface area contributed by atoms with Gasteiger partial charge < -0.3 is 19.9 Å². The molecule has 0 spiro atoms. The third-order valence-electron chi connectivity index (χ3n) is 4.46. The van der Waals surface area contributed by atoms with Crippen LogP contribution in [0.5, 0.6) is 5.75 Å². The fourth-order valence-electron chi connectivity index (χ4n) is 2.69. The summed E-state index contributed by atoms with van der Waals surface area (Å²) in [6.45, 7) is 1.24. The SMILES string of the molecule is COCCNS(=O)(=O)c1ccc(C)c(C(=O)NCC(O)COc2cccc(C(F)(F)F)c2)c1. The quantitative estimate of drug-likeness (QED) is 0.416. The molecule has 12 heteroatoms. The smallest absolute Gasteiger partial charge is 0.416 e. The molecule has 0 aliphatic carbocycles. The zero-order valence-electron chi connectivity index (χ0n) is 18.0. The number of rotatable bonds is 11. The maximum atomic E-state index is 12.8. The summed E-state index contributed by atoms with van der Waals surface area (Å²) in [6.07, 6.45) is -5.74. The molecule has 2 aromatic carbocycles. The summed E-state index contributed by atoms with van der Waals surface area (Å²) in [4.78, 5) is 12.4. The molecule has 182 valence electrons. The van der Waals surface area contributed by atoms with E-state index >= 15 is 0 Å². The molecule has 8 nitrogen and oxygen atoms in total. The molecule has 0 bridgehead atoms. The van der Waals surface area contributed by atoms with Crippen molar-refractivity contribution in [3.05, 3.63) is 59.2 Å². The Hall–Kier alpha value is -2.67. The molecule has 1 amide bonds. The number of aliphatic hydroxyl groups is 1. The van der Waals surface area contributed by atoms with E-state index < -0.39 is 33.8 Å². The number of carbonyl (C=O) groups excluding carboxylic acids is 1. The lowest BCUT2D eigenvalue weighted by Crippen LogP contribution is -2.35. The standard InChI is InChI=1S/C21H25F3N2O6S/c1-14-6-7-18(33(29,30)26-8-9-31-2)11-19(14)20(28)25-12-16(27)13-32-17-5-3-4-15(10-17)21(22,23)24/h3-7,10-11,16,26-27H,8-9,12-13H2,1-2H3,(H,25,28). The Labute approximate surface area is 189 Å². The maximum Gasteiger partial charge on any atom is 0.416 e. The molecule has 0 fully saturated rings. The number of alkyl halides is 3. The maximum absolute atomic E-state index is 12.8. The topological polar surface area (TPSA) is 114 Å². The normalized spacial score (nSPS) is 12.9. The number of hydrogen-bond donors (Lipinski definition) is 3. The molecule has 0 aliphatic heterocycles. The van der Waals surface area contributed by atoms with Gasteiger partial charge in [0.2, 0.25) is 10.0 Å². The number of amides is 1. The van der Waals surface area contributed by atoms with Crippen LogP contribution in [0.4, 0.5) is 13.2 Å². The molecule has 0 heterocycles. The van der Waals surface area contributed by atoms with Crippen LogP contribution in [0.1, 0.15) is 21.5 Å². The fourth-order valence-corrected chi connectivity index (χ4v) is 3.73. The van der Waals surface area contributed by atoms with Gasteiger partial charge >= 0.3 is 6.18 Å². The van der Waals surface area contributed by atoms with Gasteiger partial charge in [-0.1, -0.05) is 12.1 Å². The second-order valence-corrected chi connectivity index (χ2v) is 8.83. The average Bonchev–Trinajstić information content (AvgIpc) is 2.76. The van der Waals surface area contributed by atoms with E-state index in [9.17, 15) is 31.5 Å². The average molecular weight is 491 g/mol. The summed E-state index contributed by atoms with van der Waals surface area (Å²) in [6, 6.07) is 8.25. The van der Waals surface area contributed by atoms with E-state index in [0.29, 0.717) is 5.56 Å². The second-order valence-electron chi connectivity index (χ2n) is 7.07. The zero-order valence-corrected chi connectivity index (χ0v) is 18.8. The van der Waals surface area contributed by atoms with Gasteiger partial charge in [-0.2, -0.15) is 13.2 Å². The van der Waals surface area contributed by atoms with Gasteiger partial charge in [0.15, 0.2) is 0 Å². The summed E-state index contributed by atoms with van der Waals surface area (Å²) in [5, 5.41) is 12.5. The van der Waals surface area contributed by atoms with Crippen LogP contribution in [0.15, 0.2) is 47.4 Å². The van der Waals surface area contributed by atoms with Crippen molar-refractivity contribution in [2.45, 2.75) is 24.1 Å². The molecule has 2 rings (SSSR count). The van der Waals surface area contributed by atoms with Crippen molar-refractivity contribution in [3.63, 3.8) is 0 Å². The van der Waals surface area contributed by atoms with E-state index in [-0.39, 0.29) is 42.5 Å². The summed E-state index contributed by atoms with van der Waals surface area (Å²) in [5.74, 6) is -0.704. The summed E-state index contributed by atoms with van der Waals surface area (Å²) in [5.41, 5.74) is -0.279. The van der Waals surface area contributed by atoms with Gasteiger partial charge in [0, 0.05) is 25.8 Å². The molecule has 0 saturated heterocycles. The van der Waals surface area contributed by atoms with E-state index in [1.807, 2.05) is 0 Å². The summed E-state index contributed by atoms with van der Waals surface area (Å²) < 4.78 is 75.3. The van der Waals surface area contributed by atoms with Crippen LogP contribution in [0, 0.1) is 6.92 Å². The van der Waals surface area contributed by atoms with E-state index in [0.717, 1.165) is 12.1 Å². The highest BCUT2D eigenvalue weighted by Gasteiger charge is 2.30. The number of benzene rings is 2. The van der Waals surface area contributed by atoms with Crippen molar-refractivity contribution in [1.82, 2.24) is 10.0 Å². The van der Waals surface area contributed by atoms with Gasteiger partial charge in [-0.05, 0) is 42.8 Å². The van der Waals surface area contributed by atoms with Crippen LogP contribution in [0.3, 0.4) is 0 Å². The Morgan fingerprint density at radius 2 is 1.91 bits per heavy atom. The highest BCUT2D eigenvalue weighted by Crippen LogP contribution is 2.31. The summed E-state index contributed by atoms with van der Waals surface area (Å²) in [7, 11) is -2.42. The van der Waals surface area contributed by atoms with Crippen LogP contribution in [-0.4, -0.2) is 58.9 Å². The molecule has 2 aromatic rings. The first-order valence-electron chi connectivity index (χ1n) is 9.79. The minimum atomic E-state index is -4.52. The third-order valence-corrected chi connectivity index (χ3v) is 5.92. The lowest BCUT2D eigenvalue weighted by molar-refractivity contribution is -0.137. The number of hydrogen-bond acceptors (Lipinski definition) is 6. The molecule has 1 atom stereocenters. The first-order chi connectivity index (χ1) is 15.4. The number of halogens is 3. The Balaban J connectivity index is 1.96. The minimum absolute atomic E-state index is 0.0618. The Bertz CT molecular complexity index is 1060. The second kappa shape index (κ2) is 11.5. The molecular weight excluding hydrogens is 465 g/mol. The van der Waals surface area contributed by atoms with Crippen LogP contribution in [0.2, 0.25) is 0 Å². The first kappa shape index (κ1) is 26.6. The van der Waals surface area contributed by atoms with Gasteiger partial charge in [-0.25, -0.2) is 13.1 Å². The monoisotopic (exact) mass is 490 g/mol. The van der Waals surface area contributed by atoms with E-state index in [4.69, 9.17) is 9.47 Å². The minimum Gasteiger partial charge on any atom is -0.491 e. The number of methoxy groups -OCH3 is 1. The molecular formula is C21H25F3N2O6S. The number of aliphatic hydroxyl groups excluding tert-OH is 1. The summed E-state index contributed by atoms with van der Waals surface area (Å²) >= 11 is 0. The van der Waals surface area contributed by atoms with E-state index in [1.165, 1.54) is 37.4 Å². The predicted molar refractivity (Wildman–Crippen MR) is 114 cm³/mol. The van der Waals surface area contributed by atoms with Crippen molar-refractivity contribution in [2.24, 2.45) is 0 Å². The lowest BCUT2D eigenvalue weighted by Gasteiger charge is -2.15. The molecule has 0 aromatic heterocycles. The number of aryl methyl sites for hydroxylation is 1. The van der Waals surface area contributed by atoms with Crippen molar-refractivity contribution in [3.8, 4) is 5.75 Å². The van der Waals surface area contributed by atoms with Gasteiger partial charge in [0.1, 0.15) is 18.5 Å². The molecule has 0 radical (unpaired) electrons. The molecule has 3 N–H and O–H groups in total. The van der Waals surface area contributed by atoms with E-state index in [2.05, 4.69) is 10.0 Å². The van der Waals surface area contributed by atoms with Crippen LogP contribution < -0.4 is 14.8 Å². The highest BCUT2D eigenvalue weighted by molar-refractivity contribution is 7.89. The van der Waals surface area contributed by atoms with E-state index in [1.54, 1.807) is 6.92 Å². The van der Waals surface area contributed by atoms with Crippen molar-refractivity contribution < 1.29 is 41.0 Å². The van der Waals surface area contributed by atoms with Gasteiger partial charge in [0.05, 0.1) is 17.1 Å². The van der Waals surface area contributed by atoms with Gasteiger partial charge in [0.25, 0.3) is 5.91 Å². The number of carbonyl (C=O) groups is 1. The fraction of sp³-hybridized carbons (Fsp3) is 0.381. The molecule has 1 unspecified atom stereocenters. The van der Waals surface area contributed by atoms with Crippen LogP contribution >= 0.6 is 0 Å². The van der Waals surface area contributed by atoms with Gasteiger partial charge in [-0.3, -0.25) is 4.79 Å². The third kappa shape index (κ3) is 8.00. The number of nitrogens with one attached hydrogen (secondary N) is 2. The number of ether oxygens (including phenoxy) is 2. The Kier molecular flexibility index (Phi) is 9.23. The van der Waals surface area contributed by atoms with Crippen LogP contribution in [-0.2, 0) is 20.9 Å². The lowest BCUT2D eigenvalue weighted by atomic mass is 10.1. The largest absolute Gasteiger partial charge is 0.491 e. The van der Waals surface area contributed by atoms with Crippen molar-refractivity contribution >= 4 is 15.9 Å². The Morgan fingerprint density at radius 3 is 2.58 bits per heavy atom. The van der Waals surface area contributed by atoms with Crippen molar-refractivity contribution in [2.75, 3.05) is 33.4 Å². The molecule has 33 heavy (non-hydrogen) atoms. The van der Waals surface area contributed by atoms with Gasteiger partial charge in [-0.15, -0.1) is 0 Å². The zero-order chi connectivity index (χ0) is 24.6. The number of sulfonamides is 1. The van der Waals surface area contributed by atoms with Crippen molar-refractivity contribution in [1.29, 1.82) is 0 Å².